The first kappa shape index (κ1) is 12.4. The molecular weight excluding hydrogens is 210 g/mol. The van der Waals surface area contributed by atoms with Crippen LogP contribution >= 0.6 is 0 Å². The minimum atomic E-state index is 0.408. The fourth-order valence-corrected chi connectivity index (χ4v) is 2.37. The number of aryl methyl sites for hydroxylation is 2. The molecular formula is C15H23NO. The van der Waals surface area contributed by atoms with Crippen molar-refractivity contribution in [3.05, 3.63) is 29.3 Å². The summed E-state index contributed by atoms with van der Waals surface area (Å²) in [4.78, 5) is 0. The first-order valence-electron chi connectivity index (χ1n) is 6.65. The van der Waals surface area contributed by atoms with Gasteiger partial charge < -0.3 is 10.1 Å². The van der Waals surface area contributed by atoms with Crippen LogP contribution < -0.4 is 10.1 Å². The van der Waals surface area contributed by atoms with Crippen LogP contribution in [0.5, 0.6) is 5.75 Å². The van der Waals surface area contributed by atoms with E-state index in [4.69, 9.17) is 4.74 Å². The molecule has 1 N–H and O–H groups in total. The molecule has 0 saturated heterocycles. The number of nitrogens with one attached hydrogen (secondary N) is 1. The maximum atomic E-state index is 5.98. The van der Waals surface area contributed by atoms with Crippen LogP contribution in [-0.2, 0) is 0 Å². The van der Waals surface area contributed by atoms with Crippen LogP contribution in [0.2, 0.25) is 0 Å². The molecule has 1 aliphatic rings. The minimum absolute atomic E-state index is 0.408. The summed E-state index contributed by atoms with van der Waals surface area (Å²) >= 11 is 0. The molecule has 1 aliphatic carbocycles. The Morgan fingerprint density at radius 3 is 2.41 bits per heavy atom. The van der Waals surface area contributed by atoms with Crippen molar-refractivity contribution in [2.45, 2.75) is 52.2 Å². The van der Waals surface area contributed by atoms with Gasteiger partial charge in [-0.2, -0.15) is 0 Å². The van der Waals surface area contributed by atoms with Gasteiger partial charge in [0, 0.05) is 6.04 Å². The Morgan fingerprint density at radius 1 is 1.18 bits per heavy atom. The van der Waals surface area contributed by atoms with Gasteiger partial charge in [0.1, 0.15) is 11.9 Å². The van der Waals surface area contributed by atoms with Crippen molar-refractivity contribution >= 4 is 0 Å². The SMILES string of the molecule is CCCNC1CC(Oc2cc(C)cc(C)c2)C1. The molecule has 17 heavy (non-hydrogen) atoms. The van der Waals surface area contributed by atoms with E-state index in [1.165, 1.54) is 17.5 Å². The van der Waals surface area contributed by atoms with Crippen LogP contribution in [0.3, 0.4) is 0 Å². The summed E-state index contributed by atoms with van der Waals surface area (Å²) in [6.45, 7) is 7.56. The van der Waals surface area contributed by atoms with Crippen LogP contribution in [0.15, 0.2) is 18.2 Å². The monoisotopic (exact) mass is 233 g/mol. The van der Waals surface area contributed by atoms with E-state index in [1.54, 1.807) is 0 Å². The van der Waals surface area contributed by atoms with Crippen LogP contribution in [0, 0.1) is 13.8 Å². The molecule has 0 unspecified atom stereocenters. The second kappa shape index (κ2) is 5.54. The van der Waals surface area contributed by atoms with Gasteiger partial charge in [-0.05, 0) is 62.9 Å². The Balaban J connectivity index is 1.79. The van der Waals surface area contributed by atoms with Gasteiger partial charge in [-0.25, -0.2) is 0 Å². The Bertz CT molecular complexity index is 349. The molecule has 1 fully saturated rings. The normalized spacial score (nSPS) is 23.2. The molecule has 0 atom stereocenters. The zero-order valence-electron chi connectivity index (χ0n) is 11.1. The highest BCUT2D eigenvalue weighted by Crippen LogP contribution is 2.27. The number of rotatable bonds is 5. The van der Waals surface area contributed by atoms with Crippen molar-refractivity contribution in [3.63, 3.8) is 0 Å². The van der Waals surface area contributed by atoms with Gasteiger partial charge in [-0.1, -0.05) is 13.0 Å². The zero-order valence-corrected chi connectivity index (χ0v) is 11.1. The second-order valence-electron chi connectivity index (χ2n) is 5.19. The zero-order chi connectivity index (χ0) is 12.3. The van der Waals surface area contributed by atoms with Gasteiger partial charge in [0.25, 0.3) is 0 Å². The highest BCUT2D eigenvalue weighted by molar-refractivity contribution is 5.33. The van der Waals surface area contributed by atoms with E-state index in [2.05, 4.69) is 44.3 Å². The van der Waals surface area contributed by atoms with Gasteiger partial charge in [0.2, 0.25) is 0 Å². The lowest BCUT2D eigenvalue weighted by Crippen LogP contribution is -2.46. The molecule has 1 saturated carbocycles. The highest BCUT2D eigenvalue weighted by atomic mass is 16.5. The molecule has 0 bridgehead atoms. The largest absolute Gasteiger partial charge is 0.490 e. The fourth-order valence-electron chi connectivity index (χ4n) is 2.37. The van der Waals surface area contributed by atoms with Gasteiger partial charge in [0.15, 0.2) is 0 Å². The first-order valence-corrected chi connectivity index (χ1v) is 6.65. The van der Waals surface area contributed by atoms with Crippen molar-refractivity contribution in [2.75, 3.05) is 6.54 Å². The van der Waals surface area contributed by atoms with E-state index in [0.29, 0.717) is 12.1 Å². The maximum absolute atomic E-state index is 5.98. The Hall–Kier alpha value is -1.02. The van der Waals surface area contributed by atoms with Crippen molar-refractivity contribution in [1.29, 1.82) is 0 Å². The molecule has 0 aliphatic heterocycles. The Morgan fingerprint density at radius 2 is 1.82 bits per heavy atom. The Labute approximate surface area is 104 Å². The predicted molar refractivity (Wildman–Crippen MR) is 71.6 cm³/mol. The lowest BCUT2D eigenvalue weighted by atomic mass is 9.89. The maximum Gasteiger partial charge on any atom is 0.120 e. The molecule has 2 heteroatoms. The molecule has 0 radical (unpaired) electrons. The second-order valence-corrected chi connectivity index (χ2v) is 5.19. The lowest BCUT2D eigenvalue weighted by Gasteiger charge is -2.36. The Kier molecular flexibility index (Phi) is 4.06. The molecule has 1 aromatic rings. The summed E-state index contributed by atoms with van der Waals surface area (Å²) in [6.07, 6.45) is 3.91. The molecule has 0 heterocycles. The topological polar surface area (TPSA) is 21.3 Å². The van der Waals surface area contributed by atoms with E-state index in [-0.39, 0.29) is 0 Å². The summed E-state index contributed by atoms with van der Waals surface area (Å²) in [5.74, 6) is 1.03. The standard InChI is InChI=1S/C15H23NO/c1-4-5-16-13-9-15(10-13)17-14-7-11(2)6-12(3)8-14/h6-8,13,15-16H,4-5,9-10H2,1-3H3. The summed E-state index contributed by atoms with van der Waals surface area (Å²) in [5, 5.41) is 3.53. The van der Waals surface area contributed by atoms with Crippen LogP contribution in [0.4, 0.5) is 0 Å². The summed E-state index contributed by atoms with van der Waals surface area (Å²) in [7, 11) is 0. The highest BCUT2D eigenvalue weighted by Gasteiger charge is 2.30. The smallest absolute Gasteiger partial charge is 0.120 e. The quantitative estimate of drug-likeness (QED) is 0.843. The van der Waals surface area contributed by atoms with Crippen LogP contribution in [0.1, 0.15) is 37.3 Å². The average molecular weight is 233 g/mol. The molecule has 0 aromatic heterocycles. The molecule has 0 amide bonds. The van der Waals surface area contributed by atoms with Crippen LogP contribution in [0.25, 0.3) is 0 Å². The van der Waals surface area contributed by atoms with Gasteiger partial charge in [-0.3, -0.25) is 0 Å². The first-order chi connectivity index (χ1) is 8.17. The summed E-state index contributed by atoms with van der Waals surface area (Å²) in [6, 6.07) is 7.10. The number of hydrogen-bond donors (Lipinski definition) is 1. The minimum Gasteiger partial charge on any atom is -0.490 e. The molecule has 2 nitrogen and oxygen atoms in total. The number of ether oxygens (including phenoxy) is 1. The van der Waals surface area contributed by atoms with Crippen molar-refractivity contribution in [2.24, 2.45) is 0 Å². The van der Waals surface area contributed by atoms with Gasteiger partial charge in [0.05, 0.1) is 0 Å². The molecule has 1 aromatic carbocycles. The third kappa shape index (κ3) is 3.47. The molecule has 94 valence electrons. The molecule has 0 spiro atoms. The van der Waals surface area contributed by atoms with Crippen LogP contribution in [-0.4, -0.2) is 18.7 Å². The van der Waals surface area contributed by atoms with E-state index in [1.807, 2.05) is 0 Å². The third-order valence-corrected chi connectivity index (χ3v) is 3.28. The van der Waals surface area contributed by atoms with E-state index < -0.39 is 0 Å². The van der Waals surface area contributed by atoms with Crippen molar-refractivity contribution < 1.29 is 4.74 Å². The molecule has 2 rings (SSSR count). The fraction of sp³-hybridized carbons (Fsp3) is 0.600. The van der Waals surface area contributed by atoms with Gasteiger partial charge in [-0.15, -0.1) is 0 Å². The average Bonchev–Trinajstić information content (AvgIpc) is 2.19. The summed E-state index contributed by atoms with van der Waals surface area (Å²) in [5.41, 5.74) is 2.56. The number of benzene rings is 1. The lowest BCUT2D eigenvalue weighted by molar-refractivity contribution is 0.0851. The number of hydrogen-bond acceptors (Lipinski definition) is 2. The summed E-state index contributed by atoms with van der Waals surface area (Å²) < 4.78 is 5.98. The third-order valence-electron chi connectivity index (χ3n) is 3.28. The van der Waals surface area contributed by atoms with Crippen molar-refractivity contribution in [1.82, 2.24) is 5.32 Å². The van der Waals surface area contributed by atoms with E-state index >= 15 is 0 Å². The predicted octanol–water partition coefficient (Wildman–Crippen LogP) is 3.21. The van der Waals surface area contributed by atoms with E-state index in [0.717, 1.165) is 25.1 Å². The van der Waals surface area contributed by atoms with Crippen molar-refractivity contribution in [3.8, 4) is 5.75 Å². The van der Waals surface area contributed by atoms with E-state index in [9.17, 15) is 0 Å². The van der Waals surface area contributed by atoms with Gasteiger partial charge >= 0.3 is 0 Å².